The van der Waals surface area contributed by atoms with Crippen molar-refractivity contribution in [1.29, 1.82) is 0 Å². The van der Waals surface area contributed by atoms with Crippen LogP contribution in [0.1, 0.15) is 19.5 Å². The first-order chi connectivity index (χ1) is 10.5. The zero-order valence-electron chi connectivity index (χ0n) is 13.9. The van der Waals surface area contributed by atoms with Gasteiger partial charge in [0.05, 0.1) is 18.9 Å². The van der Waals surface area contributed by atoms with Crippen molar-refractivity contribution >= 4 is 11.8 Å². The second kappa shape index (κ2) is 7.60. The second-order valence-electron chi connectivity index (χ2n) is 6.09. The summed E-state index contributed by atoms with van der Waals surface area (Å²) >= 11 is 0. The van der Waals surface area contributed by atoms with Crippen LogP contribution in [0, 0.1) is 12.8 Å². The van der Waals surface area contributed by atoms with Crippen LogP contribution in [0.5, 0.6) is 0 Å². The normalized spacial score (nSPS) is 17.5. The molecule has 0 saturated carbocycles. The third kappa shape index (κ3) is 4.45. The molecule has 0 aliphatic carbocycles. The van der Waals surface area contributed by atoms with E-state index in [0.29, 0.717) is 24.3 Å². The van der Waals surface area contributed by atoms with E-state index >= 15 is 0 Å². The van der Waals surface area contributed by atoms with Gasteiger partial charge in [-0.15, -0.1) is 0 Å². The van der Waals surface area contributed by atoms with Crippen molar-refractivity contribution < 1.29 is 9.53 Å². The van der Waals surface area contributed by atoms with Gasteiger partial charge in [0.15, 0.2) is 0 Å². The van der Waals surface area contributed by atoms with Crippen LogP contribution >= 0.6 is 0 Å². The quantitative estimate of drug-likeness (QED) is 0.857. The van der Waals surface area contributed by atoms with Crippen LogP contribution in [0.15, 0.2) is 6.07 Å². The number of aromatic nitrogens is 2. The van der Waals surface area contributed by atoms with E-state index in [0.717, 1.165) is 32.0 Å². The predicted molar refractivity (Wildman–Crippen MR) is 86.0 cm³/mol. The molecule has 2 amide bonds. The fourth-order valence-electron chi connectivity index (χ4n) is 2.78. The van der Waals surface area contributed by atoms with Gasteiger partial charge >= 0.3 is 6.03 Å². The van der Waals surface area contributed by atoms with Gasteiger partial charge in [0.25, 0.3) is 0 Å². The van der Waals surface area contributed by atoms with E-state index in [2.05, 4.69) is 34.5 Å². The number of carbonyl (C=O) groups is 1. The summed E-state index contributed by atoms with van der Waals surface area (Å²) in [4.78, 5) is 14.5. The molecular weight excluding hydrogens is 282 g/mol. The highest BCUT2D eigenvalue weighted by molar-refractivity contribution is 5.88. The summed E-state index contributed by atoms with van der Waals surface area (Å²) < 4.78 is 7.06. The first kappa shape index (κ1) is 16.8. The number of hydrogen-bond acceptors (Lipinski definition) is 4. The second-order valence-corrected chi connectivity index (χ2v) is 6.09. The lowest BCUT2D eigenvalue weighted by Gasteiger charge is -2.36. The molecule has 1 atom stereocenters. The summed E-state index contributed by atoms with van der Waals surface area (Å²) in [6.45, 7) is 10.3. The minimum absolute atomic E-state index is 0.193. The lowest BCUT2D eigenvalue weighted by atomic mass is 10.0. The number of morpholine rings is 1. The molecule has 1 fully saturated rings. The van der Waals surface area contributed by atoms with E-state index in [1.54, 1.807) is 4.68 Å². The van der Waals surface area contributed by atoms with Gasteiger partial charge in [-0.25, -0.2) is 4.79 Å². The average Bonchev–Trinajstić information content (AvgIpc) is 2.77. The SMILES string of the molecule is Cc1cc(NC(=O)NC[C@H](C(C)C)N2CCOCC2)n(C)n1. The lowest BCUT2D eigenvalue weighted by Crippen LogP contribution is -2.51. The molecule has 0 radical (unpaired) electrons. The molecule has 1 aromatic rings. The van der Waals surface area contributed by atoms with E-state index in [1.165, 1.54) is 0 Å². The molecule has 1 aliphatic rings. The maximum Gasteiger partial charge on any atom is 0.320 e. The molecule has 2 N–H and O–H groups in total. The van der Waals surface area contributed by atoms with Crippen LogP contribution in [0.2, 0.25) is 0 Å². The Morgan fingerprint density at radius 1 is 1.41 bits per heavy atom. The fraction of sp³-hybridized carbons (Fsp3) is 0.733. The molecule has 2 heterocycles. The van der Waals surface area contributed by atoms with Gasteiger partial charge in [0, 0.05) is 38.8 Å². The minimum atomic E-state index is -0.193. The van der Waals surface area contributed by atoms with E-state index < -0.39 is 0 Å². The van der Waals surface area contributed by atoms with Crippen LogP contribution in [0.25, 0.3) is 0 Å². The molecule has 2 rings (SSSR count). The van der Waals surface area contributed by atoms with Gasteiger partial charge < -0.3 is 10.1 Å². The number of urea groups is 1. The van der Waals surface area contributed by atoms with E-state index in [1.807, 2.05) is 20.0 Å². The smallest absolute Gasteiger partial charge is 0.320 e. The van der Waals surface area contributed by atoms with Crippen LogP contribution in [0.4, 0.5) is 10.6 Å². The maximum absolute atomic E-state index is 12.1. The summed E-state index contributed by atoms with van der Waals surface area (Å²) in [5, 5.41) is 10.0. The van der Waals surface area contributed by atoms with Crippen molar-refractivity contribution in [2.75, 3.05) is 38.2 Å². The first-order valence-electron chi connectivity index (χ1n) is 7.84. The Kier molecular flexibility index (Phi) is 5.79. The van der Waals surface area contributed by atoms with Gasteiger partial charge in [-0.3, -0.25) is 14.9 Å². The third-order valence-corrected chi connectivity index (χ3v) is 4.00. The van der Waals surface area contributed by atoms with Gasteiger partial charge in [-0.2, -0.15) is 5.10 Å². The molecule has 0 aromatic carbocycles. The van der Waals surface area contributed by atoms with Crippen molar-refractivity contribution in [3.8, 4) is 0 Å². The van der Waals surface area contributed by atoms with Crippen molar-refractivity contribution in [2.24, 2.45) is 13.0 Å². The molecule has 1 aromatic heterocycles. The summed E-state index contributed by atoms with van der Waals surface area (Å²) in [6, 6.07) is 1.98. The molecule has 0 spiro atoms. The summed E-state index contributed by atoms with van der Waals surface area (Å²) in [5.41, 5.74) is 0.881. The van der Waals surface area contributed by atoms with Gasteiger partial charge in [0.1, 0.15) is 5.82 Å². The van der Waals surface area contributed by atoms with E-state index in [4.69, 9.17) is 4.74 Å². The number of amides is 2. The molecule has 1 saturated heterocycles. The van der Waals surface area contributed by atoms with Crippen molar-refractivity contribution in [1.82, 2.24) is 20.0 Å². The number of anilines is 1. The molecule has 124 valence electrons. The number of ether oxygens (including phenoxy) is 1. The largest absolute Gasteiger partial charge is 0.379 e. The Balaban J connectivity index is 1.86. The molecule has 7 nitrogen and oxygen atoms in total. The highest BCUT2D eigenvalue weighted by atomic mass is 16.5. The minimum Gasteiger partial charge on any atom is -0.379 e. The zero-order valence-corrected chi connectivity index (χ0v) is 13.9. The standard InChI is InChI=1S/C15H27N5O2/c1-11(2)13(20-5-7-22-8-6-20)10-16-15(21)17-14-9-12(3)18-19(14)4/h9,11,13H,5-8,10H2,1-4H3,(H2,16,17,21)/t13-/m1/s1. The molecule has 22 heavy (non-hydrogen) atoms. The summed E-state index contributed by atoms with van der Waals surface area (Å²) in [6.07, 6.45) is 0. The maximum atomic E-state index is 12.1. The molecule has 7 heteroatoms. The fourth-order valence-corrected chi connectivity index (χ4v) is 2.78. The number of nitrogens with zero attached hydrogens (tertiary/aromatic N) is 3. The highest BCUT2D eigenvalue weighted by Crippen LogP contribution is 2.12. The third-order valence-electron chi connectivity index (χ3n) is 4.00. The monoisotopic (exact) mass is 309 g/mol. The van der Waals surface area contributed by atoms with Crippen molar-refractivity contribution in [2.45, 2.75) is 26.8 Å². The number of aryl methyl sites for hydroxylation is 2. The molecule has 0 bridgehead atoms. The van der Waals surface area contributed by atoms with E-state index in [9.17, 15) is 4.79 Å². The van der Waals surface area contributed by atoms with Crippen LogP contribution in [-0.2, 0) is 11.8 Å². The van der Waals surface area contributed by atoms with Gasteiger partial charge in [-0.05, 0) is 12.8 Å². The number of hydrogen-bond donors (Lipinski definition) is 2. The Morgan fingerprint density at radius 3 is 2.64 bits per heavy atom. The van der Waals surface area contributed by atoms with E-state index in [-0.39, 0.29) is 6.03 Å². The molecule has 1 aliphatic heterocycles. The Hall–Kier alpha value is -1.60. The van der Waals surface area contributed by atoms with Crippen molar-refractivity contribution in [3.05, 3.63) is 11.8 Å². The molecule has 0 unspecified atom stereocenters. The highest BCUT2D eigenvalue weighted by Gasteiger charge is 2.24. The lowest BCUT2D eigenvalue weighted by molar-refractivity contribution is 0.00728. The molecular formula is C15H27N5O2. The number of carbonyl (C=O) groups excluding carboxylic acids is 1. The summed E-state index contributed by atoms with van der Waals surface area (Å²) in [7, 11) is 1.81. The Labute approximate surface area is 132 Å². The first-order valence-corrected chi connectivity index (χ1v) is 7.84. The Bertz CT molecular complexity index is 494. The van der Waals surface area contributed by atoms with Crippen LogP contribution in [-0.4, -0.2) is 59.6 Å². The van der Waals surface area contributed by atoms with Crippen LogP contribution in [0.3, 0.4) is 0 Å². The zero-order chi connectivity index (χ0) is 16.1. The van der Waals surface area contributed by atoms with Gasteiger partial charge in [-0.1, -0.05) is 13.8 Å². The average molecular weight is 309 g/mol. The Morgan fingerprint density at radius 2 is 2.09 bits per heavy atom. The summed E-state index contributed by atoms with van der Waals surface area (Å²) in [5.74, 6) is 1.17. The van der Waals surface area contributed by atoms with Gasteiger partial charge in [0.2, 0.25) is 0 Å². The number of nitrogens with one attached hydrogen (secondary N) is 2. The van der Waals surface area contributed by atoms with Crippen molar-refractivity contribution in [3.63, 3.8) is 0 Å². The van der Waals surface area contributed by atoms with Crippen LogP contribution < -0.4 is 10.6 Å². The topological polar surface area (TPSA) is 71.4 Å². The predicted octanol–water partition coefficient (Wildman–Crippen LogP) is 1.21. The number of rotatable bonds is 5.